The Labute approximate surface area is 205 Å². The quantitative estimate of drug-likeness (QED) is 0.436. The molecule has 3 aromatic carbocycles. The first kappa shape index (κ1) is 25.8. The minimum absolute atomic E-state index is 0.113. The zero-order valence-corrected chi connectivity index (χ0v) is 20.7. The van der Waals surface area contributed by atoms with Crippen molar-refractivity contribution in [2.45, 2.75) is 38.1 Å². The van der Waals surface area contributed by atoms with E-state index in [1.54, 1.807) is 81.4 Å². The lowest BCUT2D eigenvalue weighted by molar-refractivity contribution is -0.114. The highest BCUT2D eigenvalue weighted by Crippen LogP contribution is 2.29. The molecular weight excluding hydrogens is 465 g/mol. The molecule has 0 aromatic heterocycles. The Balaban J connectivity index is 1.84. The number of sulfonamides is 1. The number of amides is 1. The van der Waals surface area contributed by atoms with Gasteiger partial charge in [0.1, 0.15) is 0 Å². The Kier molecular flexibility index (Phi) is 7.54. The molecule has 0 saturated heterocycles. The fraction of sp³-hybridized carbons (Fsp3) is 0.185. The summed E-state index contributed by atoms with van der Waals surface area (Å²) in [4.78, 5) is 12.6. The predicted octanol–water partition coefficient (Wildman–Crippen LogP) is 5.64. The first-order chi connectivity index (χ1) is 16.4. The molecule has 180 valence electrons. The summed E-state index contributed by atoms with van der Waals surface area (Å²) in [6.45, 7) is 6.76. The van der Waals surface area contributed by atoms with E-state index in [-0.39, 0.29) is 10.5 Å². The van der Waals surface area contributed by atoms with E-state index in [0.717, 1.165) is 0 Å². The first-order valence-electron chi connectivity index (χ1n) is 10.8. The maximum absolute atomic E-state index is 14.8. The van der Waals surface area contributed by atoms with Crippen LogP contribution in [0.4, 0.5) is 10.1 Å². The van der Waals surface area contributed by atoms with Gasteiger partial charge in [0, 0.05) is 16.8 Å². The Bertz CT molecular complexity index is 1430. The third-order valence-electron chi connectivity index (χ3n) is 5.02. The Morgan fingerprint density at radius 1 is 0.971 bits per heavy atom. The molecule has 6 nitrogen and oxygen atoms in total. The number of carbonyl (C=O) groups is 1. The first-order valence-corrected chi connectivity index (χ1v) is 12.3. The van der Waals surface area contributed by atoms with Crippen molar-refractivity contribution in [3.63, 3.8) is 0 Å². The number of halogens is 1. The SMILES string of the molecule is C/C(=C(\F)C(=O)Nc1ccc(-c2ccccc2S(=O)(=O)NC(C)(C)C)cc1)c1cccc(C#N)c1. The number of benzene rings is 3. The summed E-state index contributed by atoms with van der Waals surface area (Å²) >= 11 is 0. The van der Waals surface area contributed by atoms with Gasteiger partial charge in [0.15, 0.2) is 5.83 Å². The lowest BCUT2D eigenvalue weighted by Crippen LogP contribution is -2.40. The highest BCUT2D eigenvalue weighted by atomic mass is 32.2. The minimum atomic E-state index is -3.77. The summed E-state index contributed by atoms with van der Waals surface area (Å²) in [5.41, 5.74) is 1.74. The number of nitrogens with zero attached hydrogens (tertiary/aromatic N) is 1. The van der Waals surface area contributed by atoms with Gasteiger partial charge in [-0.25, -0.2) is 17.5 Å². The number of nitriles is 1. The van der Waals surface area contributed by atoms with Crippen LogP contribution in [0.25, 0.3) is 16.7 Å². The van der Waals surface area contributed by atoms with E-state index < -0.39 is 27.3 Å². The summed E-state index contributed by atoms with van der Waals surface area (Å²) in [5, 5.41) is 11.5. The van der Waals surface area contributed by atoms with Crippen molar-refractivity contribution in [2.75, 3.05) is 5.32 Å². The predicted molar refractivity (Wildman–Crippen MR) is 135 cm³/mol. The van der Waals surface area contributed by atoms with E-state index in [0.29, 0.717) is 27.9 Å². The van der Waals surface area contributed by atoms with E-state index in [9.17, 15) is 17.6 Å². The van der Waals surface area contributed by atoms with Crippen molar-refractivity contribution in [1.29, 1.82) is 5.26 Å². The van der Waals surface area contributed by atoms with Crippen molar-refractivity contribution in [3.05, 3.63) is 89.8 Å². The van der Waals surface area contributed by atoms with Crippen LogP contribution in [0.15, 0.2) is 83.5 Å². The van der Waals surface area contributed by atoms with Crippen LogP contribution in [-0.2, 0) is 14.8 Å². The topological polar surface area (TPSA) is 99.1 Å². The molecule has 8 heteroatoms. The Morgan fingerprint density at radius 3 is 2.26 bits per heavy atom. The molecule has 35 heavy (non-hydrogen) atoms. The van der Waals surface area contributed by atoms with Gasteiger partial charge in [-0.05, 0) is 74.7 Å². The van der Waals surface area contributed by atoms with Crippen LogP contribution in [0.2, 0.25) is 0 Å². The van der Waals surface area contributed by atoms with Crippen molar-refractivity contribution in [1.82, 2.24) is 4.72 Å². The van der Waals surface area contributed by atoms with Crippen LogP contribution in [0.1, 0.15) is 38.8 Å². The molecular formula is C27H26FN3O3S. The second-order valence-corrected chi connectivity index (χ2v) is 10.7. The van der Waals surface area contributed by atoms with Crippen molar-refractivity contribution in [3.8, 4) is 17.2 Å². The number of hydrogen-bond donors (Lipinski definition) is 2. The third-order valence-corrected chi connectivity index (χ3v) is 6.84. The number of allylic oxidation sites excluding steroid dienone is 1. The van der Waals surface area contributed by atoms with Gasteiger partial charge in [0.05, 0.1) is 16.5 Å². The molecule has 0 saturated carbocycles. The van der Waals surface area contributed by atoms with E-state index in [2.05, 4.69) is 10.0 Å². The van der Waals surface area contributed by atoms with Crippen molar-refractivity contribution >= 4 is 27.2 Å². The van der Waals surface area contributed by atoms with E-state index in [4.69, 9.17) is 5.26 Å². The van der Waals surface area contributed by atoms with Gasteiger partial charge in [-0.1, -0.05) is 42.5 Å². The van der Waals surface area contributed by atoms with Crippen molar-refractivity contribution < 1.29 is 17.6 Å². The molecule has 3 rings (SSSR count). The molecule has 0 aliphatic rings. The summed E-state index contributed by atoms with van der Waals surface area (Å²) in [7, 11) is -3.77. The molecule has 0 heterocycles. The van der Waals surface area contributed by atoms with Gasteiger partial charge in [0.25, 0.3) is 5.91 Å². The van der Waals surface area contributed by atoms with E-state index >= 15 is 0 Å². The number of nitrogens with one attached hydrogen (secondary N) is 2. The monoisotopic (exact) mass is 491 g/mol. The molecule has 0 unspecified atom stereocenters. The van der Waals surface area contributed by atoms with Gasteiger partial charge in [0.2, 0.25) is 10.0 Å². The van der Waals surface area contributed by atoms with Crippen LogP contribution in [0.5, 0.6) is 0 Å². The maximum atomic E-state index is 14.8. The average Bonchev–Trinajstić information content (AvgIpc) is 2.82. The molecule has 0 spiro atoms. The summed E-state index contributed by atoms with van der Waals surface area (Å²) in [5.74, 6) is -1.89. The molecule has 2 N–H and O–H groups in total. The van der Waals surface area contributed by atoms with E-state index in [1.807, 2.05) is 6.07 Å². The van der Waals surface area contributed by atoms with Gasteiger partial charge in [-0.3, -0.25) is 4.79 Å². The standard InChI is InChI=1S/C27H26FN3O3S/c1-18(21-9-7-8-19(16-21)17-29)25(28)26(32)30-22-14-12-20(13-15-22)23-10-5-6-11-24(23)35(33,34)31-27(2,3)4/h5-16,31H,1-4H3,(H,30,32)/b25-18+. The summed E-state index contributed by atoms with van der Waals surface area (Å²) in [6.07, 6.45) is 0. The molecule has 0 aliphatic carbocycles. The number of hydrogen-bond acceptors (Lipinski definition) is 4. The maximum Gasteiger partial charge on any atom is 0.284 e. The van der Waals surface area contributed by atoms with E-state index in [1.165, 1.54) is 19.1 Å². The van der Waals surface area contributed by atoms with Crippen LogP contribution in [0, 0.1) is 11.3 Å². The van der Waals surface area contributed by atoms with Crippen LogP contribution >= 0.6 is 0 Å². The molecule has 0 radical (unpaired) electrons. The summed E-state index contributed by atoms with van der Waals surface area (Å²) < 4.78 is 43.3. The van der Waals surface area contributed by atoms with Crippen LogP contribution in [-0.4, -0.2) is 19.9 Å². The van der Waals surface area contributed by atoms with Gasteiger partial charge in [-0.2, -0.15) is 5.26 Å². The van der Waals surface area contributed by atoms with Crippen LogP contribution < -0.4 is 10.0 Å². The fourth-order valence-electron chi connectivity index (χ4n) is 3.44. The molecule has 0 atom stereocenters. The number of anilines is 1. The zero-order valence-electron chi connectivity index (χ0n) is 19.9. The Hall–Kier alpha value is -3.80. The van der Waals surface area contributed by atoms with Gasteiger partial charge in [-0.15, -0.1) is 0 Å². The smallest absolute Gasteiger partial charge is 0.284 e. The molecule has 0 fully saturated rings. The summed E-state index contributed by atoms with van der Waals surface area (Å²) in [6, 6.07) is 21.4. The Morgan fingerprint density at radius 2 is 1.63 bits per heavy atom. The second-order valence-electron chi connectivity index (χ2n) is 9.01. The number of carbonyl (C=O) groups excluding carboxylic acids is 1. The highest BCUT2D eigenvalue weighted by molar-refractivity contribution is 7.89. The number of rotatable bonds is 6. The lowest BCUT2D eigenvalue weighted by atomic mass is 10.0. The largest absolute Gasteiger partial charge is 0.320 e. The van der Waals surface area contributed by atoms with Gasteiger partial charge >= 0.3 is 0 Å². The zero-order chi connectivity index (χ0) is 25.8. The normalized spacial score (nSPS) is 12.5. The third kappa shape index (κ3) is 6.41. The van der Waals surface area contributed by atoms with Gasteiger partial charge < -0.3 is 5.32 Å². The second kappa shape index (κ2) is 10.2. The van der Waals surface area contributed by atoms with Crippen LogP contribution in [0.3, 0.4) is 0 Å². The lowest BCUT2D eigenvalue weighted by Gasteiger charge is -2.21. The molecule has 0 aliphatic heterocycles. The molecule has 0 bridgehead atoms. The average molecular weight is 492 g/mol. The molecule has 1 amide bonds. The highest BCUT2D eigenvalue weighted by Gasteiger charge is 2.24. The minimum Gasteiger partial charge on any atom is -0.320 e. The van der Waals surface area contributed by atoms with Crippen molar-refractivity contribution in [2.24, 2.45) is 0 Å². The fourth-order valence-corrected chi connectivity index (χ4v) is 5.08. The molecule has 3 aromatic rings.